The van der Waals surface area contributed by atoms with Crippen LogP contribution in [0.3, 0.4) is 0 Å². The number of hydrogen-bond donors (Lipinski definition) is 1. The Morgan fingerprint density at radius 3 is 2.70 bits per heavy atom. The predicted octanol–water partition coefficient (Wildman–Crippen LogP) is 4.04. The van der Waals surface area contributed by atoms with Crippen LogP contribution in [-0.4, -0.2) is 36.0 Å². The summed E-state index contributed by atoms with van der Waals surface area (Å²) in [5, 5.41) is 4.35. The van der Waals surface area contributed by atoms with Crippen LogP contribution in [0.1, 0.15) is 28.9 Å². The van der Waals surface area contributed by atoms with E-state index in [1.54, 1.807) is 11.3 Å². The number of amides is 1. The molecule has 0 radical (unpaired) electrons. The summed E-state index contributed by atoms with van der Waals surface area (Å²) in [6.45, 7) is 1.70. The van der Waals surface area contributed by atoms with Crippen molar-refractivity contribution in [3.63, 3.8) is 0 Å². The number of hydrogen-bond acceptors (Lipinski definition) is 3. The van der Waals surface area contributed by atoms with Gasteiger partial charge in [-0.15, -0.1) is 11.3 Å². The first-order valence-corrected chi connectivity index (χ1v) is 9.29. The Labute approximate surface area is 145 Å². The van der Waals surface area contributed by atoms with Crippen LogP contribution >= 0.6 is 22.9 Å². The Morgan fingerprint density at radius 1 is 1.09 bits per heavy atom. The highest BCUT2D eigenvalue weighted by atomic mass is 35.5. The summed E-state index contributed by atoms with van der Waals surface area (Å²) < 4.78 is 0. The van der Waals surface area contributed by atoms with E-state index < -0.39 is 0 Å². The highest BCUT2D eigenvalue weighted by molar-refractivity contribution is 7.17. The number of nitrogens with one attached hydrogen (secondary N) is 1. The summed E-state index contributed by atoms with van der Waals surface area (Å²) in [5.74, 6) is 0.171. The van der Waals surface area contributed by atoms with Gasteiger partial charge in [0.1, 0.15) is 0 Å². The molecule has 4 rings (SSSR count). The lowest BCUT2D eigenvalue weighted by Crippen LogP contribution is -2.38. The third-order valence-corrected chi connectivity index (χ3v) is 6.13. The van der Waals surface area contributed by atoms with Crippen molar-refractivity contribution in [3.8, 4) is 10.4 Å². The van der Waals surface area contributed by atoms with Crippen molar-refractivity contribution >= 4 is 28.8 Å². The maximum Gasteiger partial charge on any atom is 0.263 e. The number of rotatable bonds is 2. The minimum atomic E-state index is 0.171. The average Bonchev–Trinajstić information content (AvgIpc) is 3.14. The highest BCUT2D eigenvalue weighted by Crippen LogP contribution is 2.30. The van der Waals surface area contributed by atoms with Gasteiger partial charge in [0.05, 0.1) is 4.88 Å². The molecule has 0 saturated carbocycles. The molecule has 5 heteroatoms. The predicted molar refractivity (Wildman–Crippen MR) is 95.2 cm³/mol. The Balaban J connectivity index is 1.51. The Kier molecular flexibility index (Phi) is 4.14. The van der Waals surface area contributed by atoms with Crippen LogP contribution < -0.4 is 5.32 Å². The van der Waals surface area contributed by atoms with Crippen LogP contribution in [0.4, 0.5) is 0 Å². The number of carbonyl (C=O) groups excluding carboxylic acids is 1. The number of fused-ring (bicyclic) bond motifs is 2. The molecule has 2 aromatic rings. The fourth-order valence-electron chi connectivity index (χ4n) is 3.51. The number of halogens is 1. The quantitative estimate of drug-likeness (QED) is 0.890. The molecular weight excluding hydrogens is 328 g/mol. The molecule has 0 aliphatic carbocycles. The first kappa shape index (κ1) is 15.2. The number of carbonyl (C=O) groups is 1. The van der Waals surface area contributed by atoms with E-state index >= 15 is 0 Å². The largest absolute Gasteiger partial charge is 0.336 e. The summed E-state index contributed by atoms with van der Waals surface area (Å²) in [6.07, 6.45) is 3.51. The van der Waals surface area contributed by atoms with Crippen molar-refractivity contribution in [1.29, 1.82) is 0 Å². The molecule has 2 bridgehead atoms. The lowest BCUT2D eigenvalue weighted by Gasteiger charge is -2.23. The molecule has 3 heterocycles. The second-order valence-corrected chi connectivity index (χ2v) is 7.87. The van der Waals surface area contributed by atoms with E-state index in [4.69, 9.17) is 11.6 Å². The third kappa shape index (κ3) is 3.16. The highest BCUT2D eigenvalue weighted by Gasteiger charge is 2.31. The van der Waals surface area contributed by atoms with Gasteiger partial charge in [-0.1, -0.05) is 23.7 Å². The molecule has 2 aliphatic heterocycles. The summed E-state index contributed by atoms with van der Waals surface area (Å²) in [6, 6.07) is 12.8. The molecular formula is C18H19ClN2OS. The van der Waals surface area contributed by atoms with Gasteiger partial charge in [-0.25, -0.2) is 0 Å². The minimum absolute atomic E-state index is 0.171. The van der Waals surface area contributed by atoms with Crippen LogP contribution in [0.25, 0.3) is 10.4 Å². The molecule has 3 nitrogen and oxygen atoms in total. The van der Waals surface area contributed by atoms with Gasteiger partial charge < -0.3 is 10.2 Å². The van der Waals surface area contributed by atoms with Crippen molar-refractivity contribution in [3.05, 3.63) is 46.3 Å². The van der Waals surface area contributed by atoms with Gasteiger partial charge >= 0.3 is 0 Å². The first-order chi connectivity index (χ1) is 11.2. The fourth-order valence-corrected chi connectivity index (χ4v) is 4.61. The Morgan fingerprint density at radius 2 is 1.87 bits per heavy atom. The molecule has 23 heavy (non-hydrogen) atoms. The van der Waals surface area contributed by atoms with Crippen LogP contribution in [-0.2, 0) is 0 Å². The number of benzene rings is 1. The van der Waals surface area contributed by atoms with Gasteiger partial charge in [0.15, 0.2) is 0 Å². The van der Waals surface area contributed by atoms with E-state index in [0.717, 1.165) is 39.9 Å². The number of likely N-dealkylation sites (tertiary alicyclic amines) is 1. The molecule has 120 valence electrons. The van der Waals surface area contributed by atoms with Crippen molar-refractivity contribution in [1.82, 2.24) is 10.2 Å². The minimum Gasteiger partial charge on any atom is -0.336 e. The second kappa shape index (κ2) is 6.27. The zero-order valence-electron chi connectivity index (χ0n) is 12.8. The normalized spacial score (nSPS) is 23.8. The molecule has 1 aromatic heterocycles. The van der Waals surface area contributed by atoms with E-state index in [0.29, 0.717) is 12.1 Å². The van der Waals surface area contributed by atoms with Crippen molar-refractivity contribution in [2.75, 3.05) is 13.1 Å². The maximum absolute atomic E-state index is 12.8. The van der Waals surface area contributed by atoms with Crippen molar-refractivity contribution < 1.29 is 4.79 Å². The third-order valence-electron chi connectivity index (χ3n) is 4.76. The summed E-state index contributed by atoms with van der Waals surface area (Å²) in [5.41, 5.74) is 1.11. The Hall–Kier alpha value is -1.36. The van der Waals surface area contributed by atoms with E-state index in [1.807, 2.05) is 41.3 Å². The Bertz CT molecular complexity index is 712. The smallest absolute Gasteiger partial charge is 0.263 e. The standard InChI is InChI=1S/C18H19ClN2OS/c19-13-3-1-12(2-4-13)16-7-8-17(23-16)18(22)21-10-9-14-5-6-15(11-21)20-14/h1-4,7-8,14-15,20H,5-6,9-11H2. The lowest BCUT2D eigenvalue weighted by atomic mass is 10.1. The first-order valence-electron chi connectivity index (χ1n) is 8.10. The second-order valence-electron chi connectivity index (χ2n) is 6.35. The van der Waals surface area contributed by atoms with Crippen molar-refractivity contribution in [2.24, 2.45) is 0 Å². The molecule has 2 aliphatic rings. The summed E-state index contributed by atoms with van der Waals surface area (Å²) in [7, 11) is 0. The fraction of sp³-hybridized carbons (Fsp3) is 0.389. The molecule has 2 saturated heterocycles. The van der Waals surface area contributed by atoms with E-state index in [-0.39, 0.29) is 5.91 Å². The van der Waals surface area contributed by atoms with Crippen molar-refractivity contribution in [2.45, 2.75) is 31.3 Å². The molecule has 1 N–H and O–H groups in total. The van der Waals surface area contributed by atoms with E-state index in [9.17, 15) is 4.79 Å². The molecule has 0 spiro atoms. The lowest BCUT2D eigenvalue weighted by molar-refractivity contribution is 0.0753. The molecule has 2 unspecified atom stereocenters. The van der Waals surface area contributed by atoms with E-state index in [1.165, 1.54) is 12.8 Å². The summed E-state index contributed by atoms with van der Waals surface area (Å²) in [4.78, 5) is 16.8. The van der Waals surface area contributed by atoms with Crippen LogP contribution in [0.2, 0.25) is 5.02 Å². The van der Waals surface area contributed by atoms with Gasteiger partial charge in [-0.2, -0.15) is 0 Å². The van der Waals surface area contributed by atoms with Gasteiger partial charge in [0, 0.05) is 35.1 Å². The van der Waals surface area contributed by atoms with E-state index in [2.05, 4.69) is 5.32 Å². The zero-order chi connectivity index (χ0) is 15.8. The SMILES string of the molecule is O=C(c1ccc(-c2ccc(Cl)cc2)s1)N1CCC2CCC(C1)N2. The topological polar surface area (TPSA) is 32.3 Å². The van der Waals surface area contributed by atoms with Crippen LogP contribution in [0.15, 0.2) is 36.4 Å². The molecule has 2 fully saturated rings. The maximum atomic E-state index is 12.8. The molecule has 1 amide bonds. The van der Waals surface area contributed by atoms with Gasteiger partial charge in [-0.3, -0.25) is 4.79 Å². The van der Waals surface area contributed by atoms with Gasteiger partial charge in [-0.05, 0) is 49.1 Å². The monoisotopic (exact) mass is 346 g/mol. The molecule has 2 atom stereocenters. The zero-order valence-corrected chi connectivity index (χ0v) is 14.4. The van der Waals surface area contributed by atoms with Crippen LogP contribution in [0, 0.1) is 0 Å². The molecule has 1 aromatic carbocycles. The average molecular weight is 347 g/mol. The van der Waals surface area contributed by atoms with Crippen LogP contribution in [0.5, 0.6) is 0 Å². The number of thiophene rings is 1. The van der Waals surface area contributed by atoms with Gasteiger partial charge in [0.2, 0.25) is 0 Å². The number of nitrogens with zero attached hydrogens (tertiary/aromatic N) is 1. The summed E-state index contributed by atoms with van der Waals surface area (Å²) >= 11 is 7.51. The van der Waals surface area contributed by atoms with Gasteiger partial charge in [0.25, 0.3) is 5.91 Å².